The molecule has 1 fully saturated rings. The summed E-state index contributed by atoms with van der Waals surface area (Å²) in [4.78, 5) is 17.0. The molecule has 3 aromatic rings. The first kappa shape index (κ1) is 18.0. The summed E-state index contributed by atoms with van der Waals surface area (Å²) in [5, 5.41) is 3.78. The van der Waals surface area contributed by atoms with Crippen molar-refractivity contribution in [3.63, 3.8) is 0 Å². The summed E-state index contributed by atoms with van der Waals surface area (Å²) < 4.78 is 23.9. The standard InChI is InChI=1S/C21H20FN3O3/c1-27-19-5-3-2-4-18(19)24-10-12-25(13-11-24)21(26)17-14-23-28-20(17)15-6-8-16(22)9-7-15/h2-9,14H,10-13H2,1H3. The first-order valence-corrected chi connectivity index (χ1v) is 9.05. The summed E-state index contributed by atoms with van der Waals surface area (Å²) in [5.41, 5.74) is 2.03. The Labute approximate surface area is 162 Å². The van der Waals surface area contributed by atoms with Crippen LogP contribution in [0.5, 0.6) is 5.75 Å². The molecule has 0 aliphatic carbocycles. The van der Waals surface area contributed by atoms with Gasteiger partial charge in [0.1, 0.15) is 17.1 Å². The average Bonchev–Trinajstić information content (AvgIpc) is 3.23. The van der Waals surface area contributed by atoms with E-state index in [1.54, 1.807) is 24.1 Å². The molecule has 1 amide bonds. The van der Waals surface area contributed by atoms with Crippen molar-refractivity contribution in [2.45, 2.75) is 0 Å². The van der Waals surface area contributed by atoms with Gasteiger partial charge < -0.3 is 19.1 Å². The minimum atomic E-state index is -0.344. The largest absolute Gasteiger partial charge is 0.495 e. The molecular formula is C21H20FN3O3. The minimum Gasteiger partial charge on any atom is -0.495 e. The number of anilines is 1. The molecule has 0 radical (unpaired) electrons. The lowest BCUT2D eigenvalue weighted by atomic mass is 10.1. The average molecular weight is 381 g/mol. The van der Waals surface area contributed by atoms with Crippen LogP contribution in [-0.2, 0) is 0 Å². The molecule has 0 N–H and O–H groups in total. The fraction of sp³-hybridized carbons (Fsp3) is 0.238. The molecule has 1 aliphatic heterocycles. The van der Waals surface area contributed by atoms with Crippen molar-refractivity contribution in [2.24, 2.45) is 0 Å². The van der Waals surface area contributed by atoms with Crippen LogP contribution in [0.15, 0.2) is 59.3 Å². The molecule has 0 atom stereocenters. The highest BCUT2D eigenvalue weighted by Gasteiger charge is 2.27. The van der Waals surface area contributed by atoms with Crippen LogP contribution in [0.2, 0.25) is 0 Å². The van der Waals surface area contributed by atoms with Gasteiger partial charge in [-0.05, 0) is 36.4 Å². The fourth-order valence-electron chi connectivity index (χ4n) is 3.41. The summed E-state index contributed by atoms with van der Waals surface area (Å²) in [6.07, 6.45) is 1.42. The van der Waals surface area contributed by atoms with Gasteiger partial charge in [-0.2, -0.15) is 0 Å². The van der Waals surface area contributed by atoms with Crippen LogP contribution in [0.4, 0.5) is 10.1 Å². The zero-order chi connectivity index (χ0) is 19.5. The molecule has 1 aliphatic rings. The highest BCUT2D eigenvalue weighted by Crippen LogP contribution is 2.29. The number of carbonyl (C=O) groups excluding carboxylic acids is 1. The van der Waals surface area contributed by atoms with Gasteiger partial charge in [0, 0.05) is 31.7 Å². The van der Waals surface area contributed by atoms with Gasteiger partial charge in [0.15, 0.2) is 5.76 Å². The summed E-state index contributed by atoms with van der Waals surface area (Å²) in [7, 11) is 1.65. The maximum absolute atomic E-state index is 13.2. The lowest BCUT2D eigenvalue weighted by molar-refractivity contribution is 0.0747. The van der Waals surface area contributed by atoms with Gasteiger partial charge >= 0.3 is 0 Å². The third kappa shape index (κ3) is 3.43. The normalized spacial score (nSPS) is 14.2. The smallest absolute Gasteiger partial charge is 0.259 e. The Morgan fingerprint density at radius 1 is 1.07 bits per heavy atom. The fourth-order valence-corrected chi connectivity index (χ4v) is 3.41. The number of halogens is 1. The first-order valence-electron chi connectivity index (χ1n) is 9.05. The molecule has 0 saturated carbocycles. The SMILES string of the molecule is COc1ccccc1N1CCN(C(=O)c2cnoc2-c2ccc(F)cc2)CC1. The lowest BCUT2D eigenvalue weighted by Gasteiger charge is -2.36. The molecule has 144 valence electrons. The van der Waals surface area contributed by atoms with Crippen molar-refractivity contribution in [3.05, 3.63) is 66.1 Å². The molecule has 1 saturated heterocycles. The van der Waals surface area contributed by atoms with Gasteiger partial charge in [0.05, 0.1) is 19.0 Å². The summed E-state index contributed by atoms with van der Waals surface area (Å²) in [5.74, 6) is 0.695. The van der Waals surface area contributed by atoms with E-state index in [9.17, 15) is 9.18 Å². The Morgan fingerprint density at radius 2 is 1.79 bits per heavy atom. The van der Waals surface area contributed by atoms with Crippen LogP contribution in [0.1, 0.15) is 10.4 Å². The molecular weight excluding hydrogens is 361 g/mol. The number of nitrogens with zero attached hydrogens (tertiary/aromatic N) is 3. The topological polar surface area (TPSA) is 58.8 Å². The number of methoxy groups -OCH3 is 1. The molecule has 0 spiro atoms. The molecule has 0 unspecified atom stereocenters. The van der Waals surface area contributed by atoms with Crippen molar-refractivity contribution in [1.82, 2.24) is 10.1 Å². The number of para-hydroxylation sites is 2. The van der Waals surface area contributed by atoms with Crippen LogP contribution in [0, 0.1) is 5.82 Å². The Bertz CT molecular complexity index is 963. The number of benzene rings is 2. The first-order chi connectivity index (χ1) is 13.7. The summed E-state index contributed by atoms with van der Waals surface area (Å²) >= 11 is 0. The zero-order valence-electron chi connectivity index (χ0n) is 15.5. The second-order valence-electron chi connectivity index (χ2n) is 6.53. The van der Waals surface area contributed by atoms with Crippen molar-refractivity contribution in [2.75, 3.05) is 38.2 Å². The van der Waals surface area contributed by atoms with E-state index in [-0.39, 0.29) is 11.7 Å². The van der Waals surface area contributed by atoms with E-state index in [2.05, 4.69) is 10.1 Å². The van der Waals surface area contributed by atoms with E-state index in [4.69, 9.17) is 9.26 Å². The monoisotopic (exact) mass is 381 g/mol. The highest BCUT2D eigenvalue weighted by atomic mass is 19.1. The lowest BCUT2D eigenvalue weighted by Crippen LogP contribution is -2.48. The third-order valence-corrected chi connectivity index (χ3v) is 4.90. The van der Waals surface area contributed by atoms with Gasteiger partial charge in [-0.25, -0.2) is 4.39 Å². The Hall–Kier alpha value is -3.35. The van der Waals surface area contributed by atoms with E-state index in [1.807, 2.05) is 24.3 Å². The molecule has 2 heterocycles. The predicted molar refractivity (Wildman–Crippen MR) is 103 cm³/mol. The maximum Gasteiger partial charge on any atom is 0.259 e. The number of ether oxygens (including phenoxy) is 1. The van der Waals surface area contributed by atoms with Gasteiger partial charge in [0.2, 0.25) is 0 Å². The van der Waals surface area contributed by atoms with Gasteiger partial charge in [-0.3, -0.25) is 4.79 Å². The van der Waals surface area contributed by atoms with Gasteiger partial charge in [0.25, 0.3) is 5.91 Å². The Morgan fingerprint density at radius 3 is 2.50 bits per heavy atom. The van der Waals surface area contributed by atoms with Gasteiger partial charge in [-0.1, -0.05) is 17.3 Å². The van der Waals surface area contributed by atoms with Crippen LogP contribution >= 0.6 is 0 Å². The van der Waals surface area contributed by atoms with E-state index < -0.39 is 0 Å². The molecule has 2 aromatic carbocycles. The van der Waals surface area contributed by atoms with Crippen molar-refractivity contribution in [1.29, 1.82) is 0 Å². The van der Waals surface area contributed by atoms with E-state index >= 15 is 0 Å². The van der Waals surface area contributed by atoms with Crippen molar-refractivity contribution < 1.29 is 18.4 Å². The Kier molecular flexibility index (Phi) is 4.97. The quantitative estimate of drug-likeness (QED) is 0.693. The van der Waals surface area contributed by atoms with Gasteiger partial charge in [-0.15, -0.1) is 0 Å². The van der Waals surface area contributed by atoms with Crippen LogP contribution < -0.4 is 9.64 Å². The van der Waals surface area contributed by atoms with E-state index in [0.29, 0.717) is 43.1 Å². The molecule has 4 rings (SSSR count). The molecule has 6 nitrogen and oxygen atoms in total. The third-order valence-electron chi connectivity index (χ3n) is 4.90. The number of hydrogen-bond acceptors (Lipinski definition) is 5. The van der Waals surface area contributed by atoms with E-state index in [1.165, 1.54) is 18.3 Å². The summed E-state index contributed by atoms with van der Waals surface area (Å²) in [6, 6.07) is 13.7. The number of rotatable bonds is 4. The van der Waals surface area contributed by atoms with Crippen LogP contribution in [0.3, 0.4) is 0 Å². The number of carbonyl (C=O) groups is 1. The Balaban J connectivity index is 1.48. The molecule has 1 aromatic heterocycles. The second kappa shape index (κ2) is 7.72. The molecule has 7 heteroatoms. The second-order valence-corrected chi connectivity index (χ2v) is 6.53. The number of hydrogen-bond donors (Lipinski definition) is 0. The van der Waals surface area contributed by atoms with Crippen LogP contribution in [-0.4, -0.2) is 49.3 Å². The van der Waals surface area contributed by atoms with Crippen LogP contribution in [0.25, 0.3) is 11.3 Å². The highest BCUT2D eigenvalue weighted by molar-refractivity contribution is 5.99. The number of piperazine rings is 1. The zero-order valence-corrected chi connectivity index (χ0v) is 15.5. The van der Waals surface area contributed by atoms with Crippen molar-refractivity contribution >= 4 is 11.6 Å². The van der Waals surface area contributed by atoms with Crippen molar-refractivity contribution in [3.8, 4) is 17.1 Å². The minimum absolute atomic E-state index is 0.139. The molecule has 28 heavy (non-hydrogen) atoms. The number of aromatic nitrogens is 1. The van der Waals surface area contributed by atoms with E-state index in [0.717, 1.165) is 11.4 Å². The number of amides is 1. The predicted octanol–water partition coefficient (Wildman–Crippen LogP) is 3.45. The summed E-state index contributed by atoms with van der Waals surface area (Å²) in [6.45, 7) is 2.54. The molecule has 0 bridgehead atoms. The maximum atomic E-state index is 13.2.